The Morgan fingerprint density at radius 2 is 2.06 bits per heavy atom. The predicted molar refractivity (Wildman–Crippen MR) is 55.0 cm³/mol. The third kappa shape index (κ3) is 2.32. The van der Waals surface area contributed by atoms with E-state index >= 15 is 0 Å². The first kappa shape index (κ1) is 10.5. The lowest BCUT2D eigenvalue weighted by Gasteiger charge is -1.99. The molecule has 16 heavy (non-hydrogen) atoms. The van der Waals surface area contributed by atoms with E-state index in [1.807, 2.05) is 0 Å². The number of carbonyl (C=O) groups is 1. The Morgan fingerprint density at radius 1 is 1.38 bits per heavy atom. The zero-order valence-corrected chi connectivity index (χ0v) is 8.64. The Labute approximate surface area is 95.2 Å². The zero-order valence-electron chi connectivity index (χ0n) is 7.88. The van der Waals surface area contributed by atoms with Crippen molar-refractivity contribution in [3.05, 3.63) is 41.2 Å². The van der Waals surface area contributed by atoms with Gasteiger partial charge in [-0.3, -0.25) is 0 Å². The van der Waals surface area contributed by atoms with Crippen LogP contribution in [0.25, 0.3) is 0 Å². The number of halogens is 1. The van der Waals surface area contributed by atoms with Crippen molar-refractivity contribution in [2.45, 2.75) is 0 Å². The molecule has 0 unspecified atom stereocenters. The molecular weight excluding hydrogens is 234 g/mol. The molecule has 2 aromatic rings. The lowest BCUT2D eigenvalue weighted by Crippen LogP contribution is -1.91. The van der Waals surface area contributed by atoms with Crippen molar-refractivity contribution in [3.63, 3.8) is 0 Å². The molecular formula is C10H6ClNO4. The summed E-state index contributed by atoms with van der Waals surface area (Å²) in [5.74, 6) is -1.01. The number of nitrogens with zero attached hydrogens (tertiary/aromatic N) is 1. The first-order valence-electron chi connectivity index (χ1n) is 4.28. The van der Waals surface area contributed by atoms with Gasteiger partial charge in [0.25, 0.3) is 0 Å². The zero-order chi connectivity index (χ0) is 11.5. The largest absolute Gasteiger partial charge is 0.475 e. The normalized spacial score (nSPS) is 10.1. The maximum absolute atomic E-state index is 10.5. The summed E-state index contributed by atoms with van der Waals surface area (Å²) in [5.41, 5.74) is 0. The second-order valence-corrected chi connectivity index (χ2v) is 3.29. The van der Waals surface area contributed by atoms with Gasteiger partial charge in [0.1, 0.15) is 5.75 Å². The van der Waals surface area contributed by atoms with Crippen molar-refractivity contribution < 1.29 is 19.1 Å². The monoisotopic (exact) mass is 239 g/mol. The summed E-state index contributed by atoms with van der Waals surface area (Å²) in [5, 5.41) is 9.17. The van der Waals surface area contributed by atoms with Crippen LogP contribution in [0.15, 0.2) is 34.9 Å². The van der Waals surface area contributed by atoms with Gasteiger partial charge in [-0.25, -0.2) is 4.79 Å². The molecule has 0 bridgehead atoms. The molecule has 0 saturated carbocycles. The van der Waals surface area contributed by atoms with E-state index in [9.17, 15) is 4.79 Å². The molecule has 0 spiro atoms. The van der Waals surface area contributed by atoms with Gasteiger partial charge in [-0.2, -0.15) is 4.98 Å². The van der Waals surface area contributed by atoms with E-state index in [1.165, 1.54) is 0 Å². The summed E-state index contributed by atoms with van der Waals surface area (Å²) in [4.78, 5) is 14.2. The SMILES string of the molecule is O=C(O)c1cnc(Oc2ccc(Cl)cc2)o1. The molecule has 0 atom stereocenters. The molecule has 0 fully saturated rings. The summed E-state index contributed by atoms with van der Waals surface area (Å²) >= 11 is 5.69. The molecule has 82 valence electrons. The quantitative estimate of drug-likeness (QED) is 0.892. The van der Waals surface area contributed by atoms with Gasteiger partial charge in [0, 0.05) is 5.02 Å². The number of carboxylic acids is 1. The molecule has 0 saturated heterocycles. The van der Waals surface area contributed by atoms with Gasteiger partial charge in [-0.05, 0) is 24.3 Å². The van der Waals surface area contributed by atoms with Crippen molar-refractivity contribution in [1.29, 1.82) is 0 Å². The third-order valence-corrected chi connectivity index (χ3v) is 1.97. The van der Waals surface area contributed by atoms with Crippen LogP contribution in [0, 0.1) is 0 Å². The molecule has 5 nitrogen and oxygen atoms in total. The van der Waals surface area contributed by atoms with Crippen LogP contribution in [0.2, 0.25) is 5.02 Å². The molecule has 0 aliphatic rings. The fourth-order valence-electron chi connectivity index (χ4n) is 1.01. The molecule has 0 aliphatic heterocycles. The highest BCUT2D eigenvalue weighted by atomic mass is 35.5. The van der Waals surface area contributed by atoms with E-state index in [-0.39, 0.29) is 11.8 Å². The summed E-state index contributed by atoms with van der Waals surface area (Å²) in [6, 6.07) is 6.51. The van der Waals surface area contributed by atoms with Gasteiger partial charge < -0.3 is 14.3 Å². The number of hydrogen-bond donors (Lipinski definition) is 1. The van der Waals surface area contributed by atoms with E-state index in [4.69, 9.17) is 25.9 Å². The van der Waals surface area contributed by atoms with Gasteiger partial charge in [-0.15, -0.1) is 0 Å². The van der Waals surface area contributed by atoms with Gasteiger partial charge in [0.2, 0.25) is 5.76 Å². The lowest BCUT2D eigenvalue weighted by atomic mass is 10.3. The fraction of sp³-hybridized carbons (Fsp3) is 0. The Bertz CT molecular complexity index is 506. The number of benzene rings is 1. The van der Waals surface area contributed by atoms with Crippen LogP contribution in [-0.2, 0) is 0 Å². The van der Waals surface area contributed by atoms with Crippen molar-refractivity contribution in [2.75, 3.05) is 0 Å². The summed E-state index contributed by atoms with van der Waals surface area (Å²) < 4.78 is 9.98. The highest BCUT2D eigenvalue weighted by molar-refractivity contribution is 6.30. The smallest absolute Gasteiger partial charge is 0.399 e. The van der Waals surface area contributed by atoms with Gasteiger partial charge >= 0.3 is 12.0 Å². The summed E-state index contributed by atoms with van der Waals surface area (Å²) in [7, 11) is 0. The first-order chi connectivity index (χ1) is 7.65. The van der Waals surface area contributed by atoms with E-state index in [0.29, 0.717) is 10.8 Å². The van der Waals surface area contributed by atoms with Gasteiger partial charge in [-0.1, -0.05) is 11.6 Å². The fourth-order valence-corrected chi connectivity index (χ4v) is 1.13. The minimum atomic E-state index is -1.20. The lowest BCUT2D eigenvalue weighted by molar-refractivity contribution is 0.0657. The molecule has 1 N–H and O–H groups in total. The van der Waals surface area contributed by atoms with Gasteiger partial charge in [0.05, 0.1) is 6.20 Å². The minimum absolute atomic E-state index is 0.125. The van der Waals surface area contributed by atoms with Crippen LogP contribution < -0.4 is 4.74 Å². The highest BCUT2D eigenvalue weighted by Crippen LogP contribution is 2.22. The van der Waals surface area contributed by atoms with Crippen molar-refractivity contribution in [1.82, 2.24) is 4.98 Å². The second-order valence-electron chi connectivity index (χ2n) is 2.85. The maximum Gasteiger partial charge on any atom is 0.399 e. The molecule has 2 rings (SSSR count). The number of hydrogen-bond acceptors (Lipinski definition) is 4. The summed E-state index contributed by atoms with van der Waals surface area (Å²) in [6.45, 7) is 0. The van der Waals surface area contributed by atoms with E-state index in [1.54, 1.807) is 24.3 Å². The Morgan fingerprint density at radius 3 is 2.62 bits per heavy atom. The van der Waals surface area contributed by atoms with Gasteiger partial charge in [0.15, 0.2) is 0 Å². The Hall–Kier alpha value is -2.01. The van der Waals surface area contributed by atoms with Crippen LogP contribution in [-0.4, -0.2) is 16.1 Å². The van der Waals surface area contributed by atoms with Crippen LogP contribution in [0.4, 0.5) is 0 Å². The number of aromatic carboxylic acids is 1. The predicted octanol–water partition coefficient (Wildman–Crippen LogP) is 2.82. The van der Waals surface area contributed by atoms with Crippen molar-refractivity contribution in [2.24, 2.45) is 0 Å². The number of oxazole rings is 1. The topological polar surface area (TPSA) is 72.6 Å². The van der Waals surface area contributed by atoms with Crippen molar-refractivity contribution >= 4 is 17.6 Å². The van der Waals surface area contributed by atoms with Crippen molar-refractivity contribution in [3.8, 4) is 11.8 Å². The van der Waals surface area contributed by atoms with Crippen LogP contribution in [0.5, 0.6) is 11.8 Å². The molecule has 1 heterocycles. The number of carboxylic acid groups (broad SMARTS) is 1. The molecule has 0 radical (unpaired) electrons. The van der Waals surface area contributed by atoms with E-state index in [0.717, 1.165) is 6.20 Å². The van der Waals surface area contributed by atoms with Crippen LogP contribution in [0.3, 0.4) is 0 Å². The van der Waals surface area contributed by atoms with Crippen LogP contribution in [0.1, 0.15) is 10.6 Å². The minimum Gasteiger partial charge on any atom is -0.475 e. The highest BCUT2D eigenvalue weighted by Gasteiger charge is 2.11. The number of aromatic nitrogens is 1. The average molecular weight is 240 g/mol. The van der Waals surface area contributed by atoms with E-state index in [2.05, 4.69) is 4.98 Å². The Kier molecular flexibility index (Phi) is 2.78. The molecule has 6 heteroatoms. The van der Waals surface area contributed by atoms with Crippen LogP contribution >= 0.6 is 11.6 Å². The molecule has 1 aromatic carbocycles. The maximum atomic E-state index is 10.5. The standard InChI is InChI=1S/C10H6ClNO4/c11-6-1-3-7(4-2-6)15-10-12-5-8(16-10)9(13)14/h1-5H,(H,13,14). The molecule has 0 aliphatic carbocycles. The second kappa shape index (κ2) is 4.24. The number of rotatable bonds is 3. The third-order valence-electron chi connectivity index (χ3n) is 1.71. The molecule has 1 aromatic heterocycles. The number of ether oxygens (including phenoxy) is 1. The van der Waals surface area contributed by atoms with E-state index < -0.39 is 5.97 Å². The molecule has 0 amide bonds. The average Bonchev–Trinajstić information content (AvgIpc) is 2.70. The Balaban J connectivity index is 2.14. The first-order valence-corrected chi connectivity index (χ1v) is 4.65. The summed E-state index contributed by atoms with van der Waals surface area (Å²) in [6.07, 6.45) is 0.952.